The second-order valence-electron chi connectivity index (χ2n) is 7.03. The fraction of sp³-hybridized carbons (Fsp3) is 0.381. The number of fused-ring (bicyclic) bond motifs is 1. The molecule has 0 aliphatic heterocycles. The third kappa shape index (κ3) is 4.94. The maximum absolute atomic E-state index is 14.6. The Morgan fingerprint density at radius 1 is 1.22 bits per heavy atom. The van der Waals surface area contributed by atoms with Gasteiger partial charge in [-0.1, -0.05) is 19.9 Å². The predicted molar refractivity (Wildman–Crippen MR) is 123 cm³/mol. The molecule has 2 heterocycles. The van der Waals surface area contributed by atoms with Crippen molar-refractivity contribution in [3.05, 3.63) is 59.8 Å². The van der Waals surface area contributed by atoms with Gasteiger partial charge >= 0.3 is 0 Å². The average Bonchev–Trinajstić information content (AvgIpc) is 3.21. The van der Waals surface area contributed by atoms with Crippen molar-refractivity contribution in [2.24, 2.45) is 0 Å². The summed E-state index contributed by atoms with van der Waals surface area (Å²) in [6.07, 6.45) is 4.28. The first-order valence-corrected chi connectivity index (χ1v) is 13.1. The largest absolute Gasteiger partial charge is 0.342 e. The summed E-state index contributed by atoms with van der Waals surface area (Å²) in [4.78, 5) is 12.9. The zero-order chi connectivity index (χ0) is 23.3. The molecular formula is C21H26FN5O3S2. The van der Waals surface area contributed by atoms with Crippen LogP contribution in [-0.2, 0) is 10.0 Å². The van der Waals surface area contributed by atoms with Crippen molar-refractivity contribution in [3.8, 4) is 0 Å². The zero-order valence-electron chi connectivity index (χ0n) is 18.2. The van der Waals surface area contributed by atoms with E-state index in [1.54, 1.807) is 42.3 Å². The maximum atomic E-state index is 14.6. The van der Waals surface area contributed by atoms with Crippen molar-refractivity contribution in [2.45, 2.75) is 31.2 Å². The molecule has 0 fully saturated rings. The molecule has 11 heteroatoms. The monoisotopic (exact) mass is 479 g/mol. The third-order valence-corrected chi connectivity index (χ3v) is 7.78. The van der Waals surface area contributed by atoms with Gasteiger partial charge in [0, 0.05) is 19.3 Å². The van der Waals surface area contributed by atoms with Gasteiger partial charge in [0.15, 0.2) is 11.5 Å². The highest BCUT2D eigenvalue weighted by Gasteiger charge is 2.26. The van der Waals surface area contributed by atoms with Gasteiger partial charge in [-0.3, -0.25) is 9.20 Å². The number of halogens is 1. The SMILES string of the molecule is CCN(CC)S(=O)(=O)c1ccc(F)c(C(=O)NC(CCSC)c2nnc3ccccn23)c1. The van der Waals surface area contributed by atoms with Crippen molar-refractivity contribution in [1.82, 2.24) is 24.2 Å². The average molecular weight is 480 g/mol. The molecule has 172 valence electrons. The fourth-order valence-electron chi connectivity index (χ4n) is 3.39. The predicted octanol–water partition coefficient (Wildman–Crippen LogP) is 3.12. The van der Waals surface area contributed by atoms with Crippen LogP contribution in [0, 0.1) is 5.82 Å². The van der Waals surface area contributed by atoms with Crippen molar-refractivity contribution in [2.75, 3.05) is 25.1 Å². The number of thioether (sulfide) groups is 1. The summed E-state index contributed by atoms with van der Waals surface area (Å²) in [5.41, 5.74) is 0.297. The fourth-order valence-corrected chi connectivity index (χ4v) is 5.34. The third-order valence-electron chi connectivity index (χ3n) is 5.09. The maximum Gasteiger partial charge on any atom is 0.254 e. The van der Waals surface area contributed by atoms with Gasteiger partial charge in [-0.2, -0.15) is 16.1 Å². The topological polar surface area (TPSA) is 96.7 Å². The van der Waals surface area contributed by atoms with E-state index in [0.717, 1.165) is 17.9 Å². The van der Waals surface area contributed by atoms with Gasteiger partial charge in [-0.25, -0.2) is 12.8 Å². The Hall–Kier alpha value is -2.50. The lowest BCUT2D eigenvalue weighted by Crippen LogP contribution is -2.32. The van der Waals surface area contributed by atoms with Crippen LogP contribution in [0.4, 0.5) is 4.39 Å². The van der Waals surface area contributed by atoms with Crippen LogP contribution in [0.25, 0.3) is 5.65 Å². The number of nitrogens with zero attached hydrogens (tertiary/aromatic N) is 4. The van der Waals surface area contributed by atoms with Gasteiger partial charge in [-0.05, 0) is 48.8 Å². The van der Waals surface area contributed by atoms with E-state index in [4.69, 9.17) is 0 Å². The van der Waals surface area contributed by atoms with Crippen LogP contribution in [0.15, 0.2) is 47.5 Å². The Balaban J connectivity index is 1.94. The van der Waals surface area contributed by atoms with Crippen LogP contribution in [0.2, 0.25) is 0 Å². The summed E-state index contributed by atoms with van der Waals surface area (Å²) in [7, 11) is -3.83. The first-order chi connectivity index (χ1) is 15.3. The number of sulfonamides is 1. The zero-order valence-corrected chi connectivity index (χ0v) is 19.8. The molecule has 3 rings (SSSR count). The number of benzene rings is 1. The minimum Gasteiger partial charge on any atom is -0.342 e. The number of hydrogen-bond acceptors (Lipinski definition) is 6. The Morgan fingerprint density at radius 3 is 2.66 bits per heavy atom. The highest BCUT2D eigenvalue weighted by atomic mass is 32.2. The molecule has 32 heavy (non-hydrogen) atoms. The summed E-state index contributed by atoms with van der Waals surface area (Å²) < 4.78 is 43.2. The minimum atomic E-state index is -3.83. The normalized spacial score (nSPS) is 12.9. The van der Waals surface area contributed by atoms with Crippen molar-refractivity contribution in [3.63, 3.8) is 0 Å². The van der Waals surface area contributed by atoms with Crippen molar-refractivity contribution >= 4 is 33.3 Å². The van der Waals surface area contributed by atoms with E-state index in [9.17, 15) is 17.6 Å². The number of carbonyl (C=O) groups is 1. The number of carbonyl (C=O) groups excluding carboxylic acids is 1. The van der Waals surface area contributed by atoms with E-state index in [0.29, 0.717) is 17.9 Å². The van der Waals surface area contributed by atoms with E-state index < -0.39 is 27.8 Å². The van der Waals surface area contributed by atoms with E-state index in [2.05, 4.69) is 15.5 Å². The molecule has 1 unspecified atom stereocenters. The molecule has 0 bridgehead atoms. The van der Waals surface area contributed by atoms with Crippen LogP contribution in [0.5, 0.6) is 0 Å². The highest BCUT2D eigenvalue weighted by molar-refractivity contribution is 7.98. The minimum absolute atomic E-state index is 0.124. The lowest BCUT2D eigenvalue weighted by atomic mass is 10.1. The van der Waals surface area contributed by atoms with Crippen LogP contribution in [0.1, 0.15) is 42.5 Å². The molecule has 2 aromatic heterocycles. The molecule has 1 amide bonds. The lowest BCUT2D eigenvalue weighted by molar-refractivity contribution is 0.0929. The highest BCUT2D eigenvalue weighted by Crippen LogP contribution is 2.22. The molecule has 0 saturated carbocycles. The molecule has 0 aliphatic rings. The molecule has 1 aromatic carbocycles. The number of amides is 1. The first-order valence-electron chi connectivity index (χ1n) is 10.2. The van der Waals surface area contributed by atoms with Gasteiger partial charge < -0.3 is 5.32 Å². The number of aromatic nitrogens is 3. The molecule has 0 aliphatic carbocycles. The number of hydrogen-bond donors (Lipinski definition) is 1. The number of rotatable bonds is 10. The molecule has 1 atom stereocenters. The van der Waals surface area contributed by atoms with Crippen molar-refractivity contribution in [1.29, 1.82) is 0 Å². The molecule has 0 saturated heterocycles. The molecule has 0 radical (unpaired) electrons. The summed E-state index contributed by atoms with van der Waals surface area (Å²) in [6, 6.07) is 8.20. The smallest absolute Gasteiger partial charge is 0.254 e. The van der Waals surface area contributed by atoms with E-state index in [-0.39, 0.29) is 23.5 Å². The lowest BCUT2D eigenvalue weighted by Gasteiger charge is -2.20. The Morgan fingerprint density at radius 2 is 1.97 bits per heavy atom. The summed E-state index contributed by atoms with van der Waals surface area (Å²) in [5.74, 6) is -0.255. The van der Waals surface area contributed by atoms with E-state index in [1.165, 1.54) is 10.4 Å². The standard InChI is InChI=1S/C21H26FN5O3S2/c1-4-26(5-2)32(29,30)15-9-10-17(22)16(14-15)21(28)23-18(11-13-31-3)20-25-24-19-8-6-7-12-27(19)20/h6-10,12,14,18H,4-5,11,13H2,1-3H3,(H,23,28). The van der Waals surface area contributed by atoms with Crippen LogP contribution < -0.4 is 5.32 Å². The van der Waals surface area contributed by atoms with Crippen molar-refractivity contribution < 1.29 is 17.6 Å². The van der Waals surface area contributed by atoms with E-state index in [1.807, 2.05) is 18.4 Å². The molecular weight excluding hydrogens is 453 g/mol. The van der Waals surface area contributed by atoms with Crippen LogP contribution in [0.3, 0.4) is 0 Å². The van der Waals surface area contributed by atoms with Gasteiger partial charge in [0.1, 0.15) is 5.82 Å². The summed E-state index contributed by atoms with van der Waals surface area (Å²) >= 11 is 1.61. The second kappa shape index (κ2) is 10.4. The molecule has 3 aromatic rings. The Kier molecular flexibility index (Phi) is 7.86. The van der Waals surface area contributed by atoms with Gasteiger partial charge in [-0.15, -0.1) is 10.2 Å². The number of pyridine rings is 1. The quantitative estimate of drug-likeness (QED) is 0.480. The molecule has 8 nitrogen and oxygen atoms in total. The number of nitrogens with one attached hydrogen (secondary N) is 1. The second-order valence-corrected chi connectivity index (χ2v) is 9.95. The first kappa shape index (κ1) is 24.1. The summed E-state index contributed by atoms with van der Waals surface area (Å²) in [6.45, 7) is 3.98. The van der Waals surface area contributed by atoms with E-state index >= 15 is 0 Å². The molecule has 0 spiro atoms. The van der Waals surface area contributed by atoms with Gasteiger partial charge in [0.2, 0.25) is 10.0 Å². The Bertz CT molecular complexity index is 1200. The Labute approximate surface area is 191 Å². The summed E-state index contributed by atoms with van der Waals surface area (Å²) in [5, 5.41) is 11.2. The van der Waals surface area contributed by atoms with Gasteiger partial charge in [0.25, 0.3) is 5.91 Å². The molecule has 1 N–H and O–H groups in total. The van der Waals surface area contributed by atoms with Gasteiger partial charge in [0.05, 0.1) is 16.5 Å². The van der Waals surface area contributed by atoms with Crippen LogP contribution >= 0.6 is 11.8 Å². The van der Waals surface area contributed by atoms with Crippen LogP contribution in [-0.4, -0.2) is 58.3 Å².